The zero-order chi connectivity index (χ0) is 14.9. The van der Waals surface area contributed by atoms with Gasteiger partial charge in [-0.1, -0.05) is 30.3 Å². The van der Waals surface area contributed by atoms with Gasteiger partial charge in [-0.3, -0.25) is 0 Å². The molecule has 0 atom stereocenters. The molecule has 0 bridgehead atoms. The van der Waals surface area contributed by atoms with E-state index in [1.54, 1.807) is 0 Å². The highest BCUT2D eigenvalue weighted by atomic mass is 19.1. The van der Waals surface area contributed by atoms with E-state index in [2.05, 4.69) is 48.3 Å². The quantitative estimate of drug-likeness (QED) is 0.904. The van der Waals surface area contributed by atoms with Crippen LogP contribution in [0.1, 0.15) is 25.0 Å². The molecule has 1 heterocycles. The summed E-state index contributed by atoms with van der Waals surface area (Å²) in [6.07, 6.45) is 0. The van der Waals surface area contributed by atoms with E-state index in [1.165, 1.54) is 23.4 Å². The summed E-state index contributed by atoms with van der Waals surface area (Å²) < 4.78 is 13.1. The second-order valence-electron chi connectivity index (χ2n) is 6.35. The SMILES string of the molecule is CC1(C)CN(Cc2ccc(F)cc2)c2ccccc2CN1. The number of hydrogen-bond donors (Lipinski definition) is 1. The third-order valence-corrected chi connectivity index (χ3v) is 3.96. The molecule has 2 nitrogen and oxygen atoms in total. The number of nitrogens with zero attached hydrogens (tertiary/aromatic N) is 1. The Morgan fingerprint density at radius 1 is 1.10 bits per heavy atom. The van der Waals surface area contributed by atoms with Crippen LogP contribution in [-0.2, 0) is 13.1 Å². The number of anilines is 1. The van der Waals surface area contributed by atoms with Gasteiger partial charge in [-0.05, 0) is 43.2 Å². The lowest BCUT2D eigenvalue weighted by Gasteiger charge is -2.32. The van der Waals surface area contributed by atoms with Crippen LogP contribution in [0.4, 0.5) is 10.1 Å². The first-order valence-corrected chi connectivity index (χ1v) is 7.36. The minimum absolute atomic E-state index is 0.0407. The van der Waals surface area contributed by atoms with E-state index in [-0.39, 0.29) is 11.4 Å². The van der Waals surface area contributed by atoms with Crippen molar-refractivity contribution < 1.29 is 4.39 Å². The summed E-state index contributed by atoms with van der Waals surface area (Å²) >= 11 is 0. The zero-order valence-electron chi connectivity index (χ0n) is 12.6. The number of benzene rings is 2. The van der Waals surface area contributed by atoms with Crippen molar-refractivity contribution in [2.75, 3.05) is 11.4 Å². The summed E-state index contributed by atoms with van der Waals surface area (Å²) in [6.45, 7) is 7.03. The van der Waals surface area contributed by atoms with Gasteiger partial charge in [0.1, 0.15) is 5.82 Å². The Morgan fingerprint density at radius 2 is 1.81 bits per heavy atom. The molecule has 0 radical (unpaired) electrons. The van der Waals surface area contributed by atoms with E-state index >= 15 is 0 Å². The van der Waals surface area contributed by atoms with Crippen molar-refractivity contribution in [2.24, 2.45) is 0 Å². The van der Waals surface area contributed by atoms with Gasteiger partial charge < -0.3 is 10.2 Å². The Bertz CT molecular complexity index is 619. The molecule has 0 unspecified atom stereocenters. The molecule has 0 aromatic heterocycles. The van der Waals surface area contributed by atoms with Gasteiger partial charge in [0, 0.05) is 30.9 Å². The van der Waals surface area contributed by atoms with Crippen molar-refractivity contribution in [1.29, 1.82) is 0 Å². The Hall–Kier alpha value is -1.87. The van der Waals surface area contributed by atoms with Crippen LogP contribution in [0.5, 0.6) is 0 Å². The lowest BCUT2D eigenvalue weighted by atomic mass is 10.0. The van der Waals surface area contributed by atoms with Gasteiger partial charge >= 0.3 is 0 Å². The summed E-state index contributed by atoms with van der Waals surface area (Å²) in [5, 5.41) is 3.60. The molecular weight excluding hydrogens is 263 g/mol. The van der Waals surface area contributed by atoms with Gasteiger partial charge in [-0.15, -0.1) is 0 Å². The summed E-state index contributed by atoms with van der Waals surface area (Å²) in [4.78, 5) is 2.38. The van der Waals surface area contributed by atoms with Crippen molar-refractivity contribution in [3.8, 4) is 0 Å². The van der Waals surface area contributed by atoms with Crippen molar-refractivity contribution in [3.05, 3.63) is 65.5 Å². The molecule has 0 saturated carbocycles. The molecule has 1 aliphatic heterocycles. The molecule has 0 aliphatic carbocycles. The first-order chi connectivity index (χ1) is 10.0. The molecule has 3 rings (SSSR count). The summed E-state index contributed by atoms with van der Waals surface area (Å²) in [5.41, 5.74) is 3.74. The highest BCUT2D eigenvalue weighted by Crippen LogP contribution is 2.27. The maximum Gasteiger partial charge on any atom is 0.123 e. The summed E-state index contributed by atoms with van der Waals surface area (Å²) in [7, 11) is 0. The molecule has 2 aromatic carbocycles. The van der Waals surface area contributed by atoms with E-state index in [1.807, 2.05) is 12.1 Å². The zero-order valence-corrected chi connectivity index (χ0v) is 12.6. The highest BCUT2D eigenvalue weighted by Gasteiger charge is 2.26. The first kappa shape index (κ1) is 14.1. The molecule has 3 heteroatoms. The maximum atomic E-state index is 13.1. The first-order valence-electron chi connectivity index (χ1n) is 7.36. The number of hydrogen-bond acceptors (Lipinski definition) is 2. The van der Waals surface area contributed by atoms with Crippen LogP contribution in [0.25, 0.3) is 0 Å². The highest BCUT2D eigenvalue weighted by molar-refractivity contribution is 5.55. The van der Waals surface area contributed by atoms with E-state index in [0.717, 1.165) is 25.2 Å². The molecule has 0 fully saturated rings. The minimum atomic E-state index is -0.183. The Balaban J connectivity index is 1.92. The molecule has 0 saturated heterocycles. The van der Waals surface area contributed by atoms with Gasteiger partial charge in [0.15, 0.2) is 0 Å². The van der Waals surface area contributed by atoms with Crippen LogP contribution < -0.4 is 10.2 Å². The molecule has 21 heavy (non-hydrogen) atoms. The topological polar surface area (TPSA) is 15.3 Å². The fourth-order valence-electron chi connectivity index (χ4n) is 2.87. The van der Waals surface area contributed by atoms with Crippen molar-refractivity contribution in [3.63, 3.8) is 0 Å². The second kappa shape index (κ2) is 5.49. The maximum absolute atomic E-state index is 13.1. The number of halogens is 1. The average Bonchev–Trinajstić information content (AvgIpc) is 2.59. The van der Waals surface area contributed by atoms with Crippen LogP contribution in [0.2, 0.25) is 0 Å². The molecule has 110 valence electrons. The van der Waals surface area contributed by atoms with Crippen molar-refractivity contribution in [2.45, 2.75) is 32.5 Å². The third-order valence-electron chi connectivity index (χ3n) is 3.96. The Kier molecular flexibility index (Phi) is 3.68. The molecule has 0 amide bonds. The van der Waals surface area contributed by atoms with E-state index in [4.69, 9.17) is 0 Å². The predicted molar refractivity (Wildman–Crippen MR) is 84.8 cm³/mol. The van der Waals surface area contributed by atoms with Gasteiger partial charge in [0.25, 0.3) is 0 Å². The summed E-state index contributed by atoms with van der Waals surface area (Å²) in [5.74, 6) is -0.183. The Morgan fingerprint density at radius 3 is 2.57 bits per heavy atom. The molecule has 2 aromatic rings. The molecule has 0 spiro atoms. The Labute approximate surface area is 125 Å². The van der Waals surface area contributed by atoms with Crippen LogP contribution in [0.3, 0.4) is 0 Å². The van der Waals surface area contributed by atoms with E-state index in [0.29, 0.717) is 0 Å². The minimum Gasteiger partial charge on any atom is -0.365 e. The third kappa shape index (κ3) is 3.24. The summed E-state index contributed by atoms with van der Waals surface area (Å²) in [6, 6.07) is 15.3. The van der Waals surface area contributed by atoms with Gasteiger partial charge in [-0.2, -0.15) is 0 Å². The van der Waals surface area contributed by atoms with Crippen LogP contribution >= 0.6 is 0 Å². The van der Waals surface area contributed by atoms with E-state index in [9.17, 15) is 4.39 Å². The normalized spacial score (nSPS) is 17.2. The van der Waals surface area contributed by atoms with Gasteiger partial charge in [0.05, 0.1) is 0 Å². The smallest absolute Gasteiger partial charge is 0.123 e. The number of rotatable bonds is 2. The molecular formula is C18H21FN2. The number of para-hydroxylation sites is 1. The van der Waals surface area contributed by atoms with Crippen LogP contribution in [0.15, 0.2) is 48.5 Å². The largest absolute Gasteiger partial charge is 0.365 e. The average molecular weight is 284 g/mol. The van der Waals surface area contributed by atoms with Crippen LogP contribution in [0, 0.1) is 5.82 Å². The van der Waals surface area contributed by atoms with Gasteiger partial charge in [-0.25, -0.2) is 4.39 Å². The van der Waals surface area contributed by atoms with Crippen molar-refractivity contribution in [1.82, 2.24) is 5.32 Å². The van der Waals surface area contributed by atoms with E-state index < -0.39 is 0 Å². The fourth-order valence-corrected chi connectivity index (χ4v) is 2.87. The predicted octanol–water partition coefficient (Wildman–Crippen LogP) is 3.71. The molecule has 1 N–H and O–H groups in total. The number of fused-ring (bicyclic) bond motifs is 1. The van der Waals surface area contributed by atoms with Crippen molar-refractivity contribution >= 4 is 5.69 Å². The standard InChI is InChI=1S/C18H21FN2/c1-18(2)13-21(12-14-7-9-16(19)10-8-14)17-6-4-3-5-15(17)11-20-18/h3-10,20H,11-13H2,1-2H3. The lowest BCUT2D eigenvalue weighted by molar-refractivity contribution is 0.395. The second-order valence-corrected chi connectivity index (χ2v) is 6.35. The molecule has 1 aliphatic rings. The lowest BCUT2D eigenvalue weighted by Crippen LogP contribution is -2.46. The fraction of sp³-hybridized carbons (Fsp3) is 0.333. The van der Waals surface area contributed by atoms with Gasteiger partial charge in [0.2, 0.25) is 0 Å². The number of nitrogens with one attached hydrogen (secondary N) is 1. The monoisotopic (exact) mass is 284 g/mol. The van der Waals surface area contributed by atoms with Crippen LogP contribution in [-0.4, -0.2) is 12.1 Å².